The molecule has 0 saturated carbocycles. The fourth-order valence-electron chi connectivity index (χ4n) is 16.4. The van der Waals surface area contributed by atoms with Gasteiger partial charge in [0.25, 0.3) is 0 Å². The number of aromatic nitrogens is 9. The lowest BCUT2D eigenvalue weighted by molar-refractivity contribution is 0.592. The molecule has 0 aliphatic rings. The zero-order valence-electron chi connectivity index (χ0n) is 68.5. The number of hydrogen-bond donors (Lipinski definition) is 0. The average molecular weight is 1790 g/mol. The molecule has 2 radical (unpaired) electrons. The van der Waals surface area contributed by atoms with E-state index in [1.807, 2.05) is 156 Å². The second-order valence-corrected chi connectivity index (χ2v) is 38.0. The van der Waals surface area contributed by atoms with Crippen LogP contribution in [0.4, 0.5) is 0 Å². The van der Waals surface area contributed by atoms with Gasteiger partial charge in [0.05, 0.1) is 40.1 Å². The number of nitrogens with zero attached hydrogens (tertiary/aromatic N) is 9. The topological polar surface area (TPSA) is 118 Å². The van der Waals surface area contributed by atoms with Crippen molar-refractivity contribution in [3.05, 3.63) is 461 Å². The van der Waals surface area contributed by atoms with Gasteiger partial charge in [0.1, 0.15) is 25.0 Å². The average Bonchev–Trinajstić information content (AvgIpc) is 1.17. The van der Waals surface area contributed by atoms with Crippen molar-refractivity contribution in [1.82, 2.24) is 43.4 Å². The maximum Gasteiger partial charge on any atom is 0.179 e. The van der Waals surface area contributed by atoms with Crippen LogP contribution in [-0.4, -0.2) is 61.5 Å². The number of rotatable bonds is 16. The Morgan fingerprint density at radius 1 is 0.325 bits per heavy atom. The molecule has 1 unspecified atom stereocenters. The van der Waals surface area contributed by atoms with Crippen molar-refractivity contribution in [3.8, 4) is 79.7 Å². The number of para-hydroxylation sites is 9. The van der Waals surface area contributed by atoms with Crippen LogP contribution < -0.4 is 36.7 Å². The van der Waals surface area contributed by atoms with Crippen LogP contribution in [0.5, 0.6) is 0 Å². The van der Waals surface area contributed by atoms with E-state index in [-0.39, 0.29) is 0 Å². The molecular formula is C105H79BIN9O2P3SSi-. The monoisotopic (exact) mass is 1790 g/mol. The minimum Gasteiger partial charge on any atom is -0.460 e. The molecule has 0 amide bonds. The van der Waals surface area contributed by atoms with Gasteiger partial charge in [0, 0.05) is 66.2 Å². The minimum absolute atomic E-state index is 0.839. The Balaban J connectivity index is 0.000000132. The standard InChI is InChI=1S/C45H30N6.C36H29OPSi.C24H17N3.BHIP.H2OPS/c1-4-16-34(17-5-1)49-40-25-13-10-22-37(40)46-43(49)31-28-32(44-47-38-23-11-14-26-41(38)50(44)35-18-6-2-7-19-35)30-33(29-31)45-48-39-24-12-15-27-42(39)51(45)36-20-8-3-9-21-36;37-38(30-16-6-1-7-17-30,31-18-8-2-9-19-31)32-26-28-36(29-27-32)39(33-20-10-3-11-21-33,34-22-12-4-13-23-34)35-24-14-5-15-25-35;1-3-11-19(12-4-1)23-25-26-24(20-13-5-2-6-14-20)27(23)22-17-9-15-18-10-7-8-16-21(18)22;2*1-3-2/h1-30H;1-29H;1-17H;3H;2-3H/q;;;;-1/i;;;2*3T. The van der Waals surface area contributed by atoms with Crippen molar-refractivity contribution in [2.45, 2.75) is 0 Å². The Labute approximate surface area is 739 Å². The molecular weight excluding hydrogens is 1710 g/mol. The van der Waals surface area contributed by atoms with Crippen LogP contribution in [0.1, 0.15) is 0 Å². The summed E-state index contributed by atoms with van der Waals surface area (Å²) in [6.45, 7) is 0. The summed E-state index contributed by atoms with van der Waals surface area (Å²) in [6.07, 6.45) is 0. The number of halogens is 1. The van der Waals surface area contributed by atoms with E-state index in [1.165, 1.54) is 31.5 Å². The summed E-state index contributed by atoms with van der Waals surface area (Å²) in [5, 5.41) is 19.3. The van der Waals surface area contributed by atoms with Crippen LogP contribution in [0.2, 0.25) is 0 Å². The molecule has 123 heavy (non-hydrogen) atoms. The molecule has 0 aliphatic carbocycles. The van der Waals surface area contributed by atoms with E-state index in [4.69, 9.17) is 29.1 Å². The van der Waals surface area contributed by atoms with E-state index < -0.39 is 32.0 Å². The van der Waals surface area contributed by atoms with E-state index in [1.54, 1.807) is 0 Å². The van der Waals surface area contributed by atoms with Crippen molar-refractivity contribution >= 4 is 150 Å². The van der Waals surface area contributed by atoms with E-state index >= 15 is 4.57 Å². The van der Waals surface area contributed by atoms with Gasteiger partial charge in [-0.3, -0.25) is 29.0 Å². The third-order valence-corrected chi connectivity index (χ3v) is 29.6. The molecule has 4 aromatic heterocycles. The molecule has 4 heterocycles. The summed E-state index contributed by atoms with van der Waals surface area (Å²) in [4.78, 5) is 15.9. The van der Waals surface area contributed by atoms with Crippen LogP contribution in [-0.2, 0) is 19.5 Å². The fourth-order valence-corrected chi connectivity index (χ4v) is 23.8. The summed E-state index contributed by atoms with van der Waals surface area (Å²) < 4.78 is 45.4. The molecule has 0 saturated heterocycles. The SMILES string of the molecule is O=P(c1ccccc1)(c1ccccc1)c1ccc([Si](c2ccccc2)(c2ccccc2)c2ccccc2)cc1.[3H]P([B])I.[3H][S-](=O)=P.c1ccc(-c2nnc(-c3ccccc3)n2-c2cccc3ccccc23)cc1.c1ccc(-n2c(-c3cc(-c4nc5ccccc5n4-c4ccccc4)cc(-c4nc5ccccc5n4-c4ccccc4)c3)nc3ccccc32)cc1. The predicted molar refractivity (Wildman–Crippen MR) is 532 cm³/mol. The van der Waals surface area contributed by atoms with Gasteiger partial charge in [-0.2, -0.15) is 0 Å². The Hall–Kier alpha value is -13.3. The van der Waals surface area contributed by atoms with E-state index in [2.05, 4.69) is 364 Å². The molecule has 0 spiro atoms. The highest BCUT2D eigenvalue weighted by molar-refractivity contribution is 14.2. The summed E-state index contributed by atoms with van der Waals surface area (Å²) >= 11 is 1.85. The van der Waals surface area contributed by atoms with Gasteiger partial charge in [-0.1, -0.05) is 387 Å². The molecule has 21 aromatic rings. The molecule has 592 valence electrons. The van der Waals surface area contributed by atoms with Crippen LogP contribution >= 0.6 is 43.2 Å². The molecule has 11 nitrogen and oxygen atoms in total. The summed E-state index contributed by atoms with van der Waals surface area (Å²) in [7, 11) is 0.0451. The fraction of sp³-hybridized carbons (Fsp3) is 0. The number of benzene rings is 17. The first-order chi connectivity index (χ1) is 61.4. The van der Waals surface area contributed by atoms with Crippen molar-refractivity contribution < 1.29 is 8.77 Å². The zero-order chi connectivity index (χ0) is 85.5. The Bertz CT molecular complexity index is 6830. The van der Waals surface area contributed by atoms with Crippen molar-refractivity contribution in [1.29, 1.82) is 2.40 Å². The zero-order valence-corrected chi connectivity index (χ0v) is 73.2. The highest BCUT2D eigenvalue weighted by Gasteiger charge is 2.42. The highest BCUT2D eigenvalue weighted by atomic mass is 127. The quantitative estimate of drug-likeness (QED) is 0.0236. The normalized spacial score (nSPS) is 11.7. The second kappa shape index (κ2) is 38.6. The van der Waals surface area contributed by atoms with Gasteiger partial charge in [-0.25, -0.2) is 23.0 Å². The Morgan fingerprint density at radius 3 is 0.943 bits per heavy atom. The molecule has 21 rings (SSSR count). The lowest BCUT2D eigenvalue weighted by Gasteiger charge is -2.34. The Morgan fingerprint density at radius 2 is 0.593 bits per heavy atom. The maximum atomic E-state index is 15.0. The van der Waals surface area contributed by atoms with Crippen LogP contribution in [0, 0.1) is 0 Å². The van der Waals surface area contributed by atoms with Gasteiger partial charge >= 0.3 is 0 Å². The number of hydrogen-bond acceptors (Lipinski definition) is 8. The maximum absolute atomic E-state index is 15.0. The van der Waals surface area contributed by atoms with Gasteiger partial charge in [0.15, 0.2) is 26.9 Å². The predicted octanol–water partition coefficient (Wildman–Crippen LogP) is 22.5. The molecule has 0 N–H and O–H groups in total. The lowest BCUT2D eigenvalue weighted by Crippen LogP contribution is -2.74. The number of fused-ring (bicyclic) bond motifs is 4. The largest absolute Gasteiger partial charge is 0.460 e. The third-order valence-electron chi connectivity index (χ3n) is 21.7. The first-order valence-electron chi connectivity index (χ1n) is 40.9. The molecule has 18 heteroatoms. The highest BCUT2D eigenvalue weighted by Crippen LogP contribution is 2.43. The smallest absolute Gasteiger partial charge is 0.179 e. The summed E-state index contributed by atoms with van der Waals surface area (Å²) in [6, 6.07) is 158. The first-order valence-corrected chi connectivity index (χ1v) is 49.5. The molecule has 0 bridgehead atoms. The van der Waals surface area contributed by atoms with Gasteiger partial charge in [-0.05, 0) is 123 Å². The van der Waals surface area contributed by atoms with Gasteiger partial charge in [0.2, 0.25) is 0 Å². The Kier molecular flexibility index (Phi) is 24.9. The lowest BCUT2D eigenvalue weighted by atomic mass is 10.0. The summed E-state index contributed by atoms with van der Waals surface area (Å²) in [5.74, 6) is 4.21. The van der Waals surface area contributed by atoms with Crippen LogP contribution in [0.3, 0.4) is 0 Å². The van der Waals surface area contributed by atoms with Crippen molar-refractivity contribution in [2.24, 2.45) is 0 Å². The molecule has 1 atom stereocenters. The molecule has 17 aromatic carbocycles. The van der Waals surface area contributed by atoms with Crippen LogP contribution in [0.15, 0.2) is 461 Å². The number of imidazole rings is 3. The molecule has 0 fully saturated rings. The third kappa shape index (κ3) is 17.0. The van der Waals surface area contributed by atoms with Gasteiger partial charge < -0.3 is 8.77 Å². The first kappa shape index (κ1) is 79.5. The van der Waals surface area contributed by atoms with Crippen LogP contribution in [0.25, 0.3) is 124 Å². The van der Waals surface area contributed by atoms with Crippen molar-refractivity contribution in [3.63, 3.8) is 0 Å². The van der Waals surface area contributed by atoms with E-state index in [0.29, 0.717) is 0 Å². The second-order valence-electron chi connectivity index (χ2n) is 28.9. The number of thiol groups is 1. The van der Waals surface area contributed by atoms with E-state index in [0.717, 1.165) is 129 Å². The minimum atomic E-state index is -3.05. The molecule has 0 aliphatic heterocycles. The van der Waals surface area contributed by atoms with Gasteiger partial charge in [-0.15, -0.1) is 16.2 Å². The van der Waals surface area contributed by atoms with E-state index in [9.17, 15) is 0 Å². The van der Waals surface area contributed by atoms with Crippen molar-refractivity contribution in [2.75, 3.05) is 0 Å². The summed E-state index contributed by atoms with van der Waals surface area (Å²) in [5.41, 5.74) is 15.1.